The zero-order valence-corrected chi connectivity index (χ0v) is 14.9. The maximum absolute atomic E-state index is 13.2. The van der Waals surface area contributed by atoms with E-state index >= 15 is 0 Å². The molecule has 0 aliphatic carbocycles. The van der Waals surface area contributed by atoms with Crippen molar-refractivity contribution in [3.63, 3.8) is 0 Å². The van der Waals surface area contributed by atoms with Gasteiger partial charge < -0.3 is 18.8 Å². The van der Waals surface area contributed by atoms with Crippen LogP contribution in [0, 0.1) is 12.3 Å². The Balaban J connectivity index is 1.62. The summed E-state index contributed by atoms with van der Waals surface area (Å²) in [5.74, 6) is 0.442. The van der Waals surface area contributed by atoms with Crippen LogP contribution < -0.4 is 0 Å². The average molecular weight is 343 g/mol. The lowest BCUT2D eigenvalue weighted by molar-refractivity contribution is -0.142. The molecule has 1 amide bonds. The maximum Gasteiger partial charge on any atom is 0.289 e. The van der Waals surface area contributed by atoms with E-state index in [0.717, 1.165) is 42.4 Å². The van der Waals surface area contributed by atoms with E-state index in [9.17, 15) is 4.79 Å². The Labute approximate surface area is 147 Å². The molecule has 134 valence electrons. The lowest BCUT2D eigenvalue weighted by Gasteiger charge is -2.50. The molecule has 2 atom stereocenters. The van der Waals surface area contributed by atoms with Gasteiger partial charge in [-0.1, -0.05) is 18.2 Å². The number of likely N-dealkylation sites (tertiary alicyclic amines) is 1. The van der Waals surface area contributed by atoms with E-state index < -0.39 is 0 Å². The molecule has 2 aliphatic rings. The van der Waals surface area contributed by atoms with E-state index in [-0.39, 0.29) is 17.4 Å². The molecular weight excluding hydrogens is 318 g/mol. The van der Waals surface area contributed by atoms with Crippen molar-refractivity contribution in [3.8, 4) is 0 Å². The number of methoxy groups -OCH3 is 1. The van der Waals surface area contributed by atoms with Crippen molar-refractivity contribution in [1.29, 1.82) is 0 Å². The Morgan fingerprint density at radius 2 is 2.24 bits per heavy atom. The summed E-state index contributed by atoms with van der Waals surface area (Å²) in [5, 5.41) is 1.01. The SMILES string of the molecule is COC[C@@]12CCCO[C@H]1CCN(C(=O)c1oc3ccccc3c1C)C2. The Morgan fingerprint density at radius 3 is 3.04 bits per heavy atom. The molecule has 2 fully saturated rings. The molecule has 0 spiro atoms. The van der Waals surface area contributed by atoms with Crippen LogP contribution >= 0.6 is 0 Å². The summed E-state index contributed by atoms with van der Waals surface area (Å²) in [7, 11) is 1.73. The van der Waals surface area contributed by atoms with Crippen molar-refractivity contribution in [2.45, 2.75) is 32.3 Å². The van der Waals surface area contributed by atoms with E-state index in [1.807, 2.05) is 36.1 Å². The zero-order chi connectivity index (χ0) is 17.4. The summed E-state index contributed by atoms with van der Waals surface area (Å²) in [6, 6.07) is 7.81. The number of rotatable bonds is 3. The van der Waals surface area contributed by atoms with Gasteiger partial charge >= 0.3 is 0 Å². The second-order valence-corrected chi connectivity index (χ2v) is 7.33. The van der Waals surface area contributed by atoms with Crippen molar-refractivity contribution < 1.29 is 18.7 Å². The van der Waals surface area contributed by atoms with E-state index in [2.05, 4.69) is 0 Å². The molecule has 2 saturated heterocycles. The van der Waals surface area contributed by atoms with Gasteiger partial charge in [-0.25, -0.2) is 0 Å². The monoisotopic (exact) mass is 343 g/mol. The first-order valence-electron chi connectivity index (χ1n) is 9.02. The van der Waals surface area contributed by atoms with E-state index in [4.69, 9.17) is 13.9 Å². The van der Waals surface area contributed by atoms with Crippen LogP contribution in [0.3, 0.4) is 0 Å². The number of carbonyl (C=O) groups is 1. The lowest BCUT2D eigenvalue weighted by atomic mass is 9.73. The molecule has 2 aliphatic heterocycles. The third-order valence-electron chi connectivity index (χ3n) is 5.74. The number of para-hydroxylation sites is 1. The second-order valence-electron chi connectivity index (χ2n) is 7.33. The molecule has 5 heteroatoms. The quantitative estimate of drug-likeness (QED) is 0.857. The number of fused-ring (bicyclic) bond motifs is 2. The van der Waals surface area contributed by atoms with Gasteiger partial charge in [-0.05, 0) is 32.3 Å². The van der Waals surface area contributed by atoms with Crippen LogP contribution in [-0.2, 0) is 9.47 Å². The number of aryl methyl sites for hydroxylation is 1. The minimum Gasteiger partial charge on any atom is -0.451 e. The van der Waals surface area contributed by atoms with Gasteiger partial charge in [0.25, 0.3) is 5.91 Å². The second kappa shape index (κ2) is 6.46. The highest BCUT2D eigenvalue weighted by atomic mass is 16.5. The predicted octanol–water partition coefficient (Wildman–Crippen LogP) is 3.40. The number of hydrogen-bond acceptors (Lipinski definition) is 4. The number of ether oxygens (including phenoxy) is 2. The average Bonchev–Trinajstić information content (AvgIpc) is 2.98. The fourth-order valence-electron chi connectivity index (χ4n) is 4.48. The standard InChI is InChI=1S/C20H25NO4/c1-14-15-6-3-4-7-16(15)25-18(14)19(22)21-10-8-17-20(12-21,13-23-2)9-5-11-24-17/h3-4,6-7,17H,5,8-13H2,1-2H3/t17-,20-/m0/s1. The smallest absolute Gasteiger partial charge is 0.289 e. The van der Waals surface area contributed by atoms with Crippen molar-refractivity contribution in [1.82, 2.24) is 4.90 Å². The highest BCUT2D eigenvalue weighted by Crippen LogP contribution is 2.41. The normalized spacial score (nSPS) is 26.6. The molecule has 0 bridgehead atoms. The first kappa shape index (κ1) is 16.6. The van der Waals surface area contributed by atoms with E-state index in [1.165, 1.54) is 0 Å². The molecule has 3 heterocycles. The molecule has 1 aromatic heterocycles. The van der Waals surface area contributed by atoms with Crippen LogP contribution in [0.2, 0.25) is 0 Å². The Bertz CT molecular complexity index is 779. The number of hydrogen-bond donors (Lipinski definition) is 0. The van der Waals surface area contributed by atoms with Crippen LogP contribution in [0.25, 0.3) is 11.0 Å². The fraction of sp³-hybridized carbons (Fsp3) is 0.550. The molecule has 0 saturated carbocycles. The fourth-order valence-corrected chi connectivity index (χ4v) is 4.48. The highest BCUT2D eigenvalue weighted by Gasteiger charge is 2.47. The van der Waals surface area contributed by atoms with Gasteiger partial charge in [-0.2, -0.15) is 0 Å². The van der Waals surface area contributed by atoms with Crippen LogP contribution in [0.4, 0.5) is 0 Å². The molecular formula is C20H25NO4. The first-order valence-corrected chi connectivity index (χ1v) is 9.02. The molecule has 25 heavy (non-hydrogen) atoms. The van der Waals surface area contributed by atoms with Gasteiger partial charge in [-0.15, -0.1) is 0 Å². The number of benzene rings is 1. The number of furan rings is 1. The van der Waals surface area contributed by atoms with E-state index in [1.54, 1.807) is 7.11 Å². The van der Waals surface area contributed by atoms with Crippen LogP contribution in [0.5, 0.6) is 0 Å². The first-order chi connectivity index (χ1) is 12.1. The van der Waals surface area contributed by atoms with Gasteiger partial charge in [0.15, 0.2) is 5.76 Å². The Hall–Kier alpha value is -1.85. The third-order valence-corrected chi connectivity index (χ3v) is 5.74. The molecule has 4 rings (SSSR count). The Kier molecular flexibility index (Phi) is 4.29. The largest absolute Gasteiger partial charge is 0.451 e. The molecule has 5 nitrogen and oxygen atoms in total. The molecule has 1 aromatic carbocycles. The molecule has 0 unspecified atom stereocenters. The summed E-state index contributed by atoms with van der Waals surface area (Å²) >= 11 is 0. The van der Waals surface area contributed by atoms with Crippen LogP contribution in [0.15, 0.2) is 28.7 Å². The number of piperidine rings is 1. The minimum absolute atomic E-state index is 0.0202. The summed E-state index contributed by atoms with van der Waals surface area (Å²) < 4.78 is 17.4. The summed E-state index contributed by atoms with van der Waals surface area (Å²) in [6.45, 7) is 4.76. The van der Waals surface area contributed by atoms with Gasteiger partial charge in [-0.3, -0.25) is 4.79 Å². The third kappa shape index (κ3) is 2.75. The topological polar surface area (TPSA) is 51.9 Å². The molecule has 0 radical (unpaired) electrons. The van der Waals surface area contributed by atoms with Gasteiger partial charge in [0.2, 0.25) is 0 Å². The van der Waals surface area contributed by atoms with Crippen molar-refractivity contribution >= 4 is 16.9 Å². The number of nitrogens with zero attached hydrogens (tertiary/aromatic N) is 1. The van der Waals surface area contributed by atoms with Crippen LogP contribution in [-0.4, -0.2) is 50.3 Å². The Morgan fingerprint density at radius 1 is 1.40 bits per heavy atom. The van der Waals surface area contributed by atoms with Crippen molar-refractivity contribution in [2.24, 2.45) is 5.41 Å². The maximum atomic E-state index is 13.2. The predicted molar refractivity (Wildman–Crippen MR) is 94.8 cm³/mol. The molecule has 2 aromatic rings. The van der Waals surface area contributed by atoms with Crippen molar-refractivity contribution in [2.75, 3.05) is 33.4 Å². The minimum atomic E-state index is -0.0964. The van der Waals surface area contributed by atoms with Crippen LogP contribution in [0.1, 0.15) is 35.4 Å². The lowest BCUT2D eigenvalue weighted by Crippen LogP contribution is -2.58. The van der Waals surface area contributed by atoms with Gasteiger partial charge in [0.1, 0.15) is 5.58 Å². The van der Waals surface area contributed by atoms with Crippen molar-refractivity contribution in [3.05, 3.63) is 35.6 Å². The van der Waals surface area contributed by atoms with Gasteiger partial charge in [0.05, 0.1) is 12.7 Å². The molecule has 0 N–H and O–H groups in total. The van der Waals surface area contributed by atoms with E-state index in [0.29, 0.717) is 25.5 Å². The summed E-state index contributed by atoms with van der Waals surface area (Å²) in [5.41, 5.74) is 1.59. The summed E-state index contributed by atoms with van der Waals surface area (Å²) in [4.78, 5) is 15.1. The zero-order valence-electron chi connectivity index (χ0n) is 14.9. The number of amides is 1. The number of carbonyl (C=O) groups excluding carboxylic acids is 1. The summed E-state index contributed by atoms with van der Waals surface area (Å²) in [6.07, 6.45) is 3.09. The highest BCUT2D eigenvalue weighted by molar-refractivity contribution is 5.99. The van der Waals surface area contributed by atoms with Gasteiger partial charge in [0, 0.05) is 43.2 Å².